The van der Waals surface area contributed by atoms with Crippen molar-refractivity contribution >= 4 is 16.8 Å². The third-order valence-electron chi connectivity index (χ3n) is 4.02. The Morgan fingerprint density at radius 2 is 2.15 bits per heavy atom. The van der Waals surface area contributed by atoms with Crippen LogP contribution >= 0.6 is 0 Å². The number of H-pyrrole nitrogens is 1. The van der Waals surface area contributed by atoms with E-state index in [0.717, 1.165) is 42.3 Å². The van der Waals surface area contributed by atoms with Gasteiger partial charge in [0, 0.05) is 35.2 Å². The normalized spacial score (nSPS) is 14.9. The second-order valence-corrected chi connectivity index (χ2v) is 6.16. The lowest BCUT2D eigenvalue weighted by molar-refractivity contribution is 0.0737. The van der Waals surface area contributed by atoms with Crippen LogP contribution in [0.25, 0.3) is 10.9 Å². The van der Waals surface area contributed by atoms with Crippen LogP contribution in [0.1, 0.15) is 43.5 Å². The van der Waals surface area contributed by atoms with Gasteiger partial charge in [-0.3, -0.25) is 4.79 Å². The summed E-state index contributed by atoms with van der Waals surface area (Å²) in [5.74, 6) is 0.824. The highest BCUT2D eigenvalue weighted by Gasteiger charge is 2.33. The van der Waals surface area contributed by atoms with Crippen LogP contribution in [0.4, 0.5) is 0 Å². The van der Waals surface area contributed by atoms with Crippen molar-refractivity contribution in [1.82, 2.24) is 9.88 Å². The van der Waals surface area contributed by atoms with Crippen LogP contribution in [-0.4, -0.2) is 28.4 Å². The van der Waals surface area contributed by atoms with E-state index in [-0.39, 0.29) is 5.91 Å². The molecule has 0 radical (unpaired) electrons. The van der Waals surface area contributed by atoms with Gasteiger partial charge < -0.3 is 9.88 Å². The number of fused-ring (bicyclic) bond motifs is 1. The number of rotatable bonds is 5. The van der Waals surface area contributed by atoms with Gasteiger partial charge in [-0.25, -0.2) is 0 Å². The number of aromatic amines is 1. The molecule has 1 aliphatic carbocycles. The van der Waals surface area contributed by atoms with Crippen molar-refractivity contribution in [3.8, 4) is 0 Å². The highest BCUT2D eigenvalue weighted by Crippen LogP contribution is 2.30. The summed E-state index contributed by atoms with van der Waals surface area (Å²) in [6.45, 7) is 5.30. The van der Waals surface area contributed by atoms with E-state index in [4.69, 9.17) is 0 Å². The molecule has 20 heavy (non-hydrogen) atoms. The molecule has 0 spiro atoms. The van der Waals surface area contributed by atoms with Gasteiger partial charge in [0.05, 0.1) is 0 Å². The average Bonchev–Trinajstić information content (AvgIpc) is 3.14. The van der Waals surface area contributed by atoms with Crippen LogP contribution in [0, 0.1) is 5.92 Å². The zero-order valence-corrected chi connectivity index (χ0v) is 12.2. The molecule has 1 aliphatic rings. The van der Waals surface area contributed by atoms with Crippen molar-refractivity contribution in [3.63, 3.8) is 0 Å². The lowest BCUT2D eigenvalue weighted by Crippen LogP contribution is -2.34. The standard InChI is InChI=1S/C17H22N2O/c1-12(2)9-11-19(13-6-7-13)17(20)15-4-3-5-16-14(15)8-10-18-16/h3-5,8,10,12-13,18H,6-7,9,11H2,1-2H3. The number of aromatic nitrogens is 1. The second-order valence-electron chi connectivity index (χ2n) is 6.16. The van der Waals surface area contributed by atoms with Crippen molar-refractivity contribution in [3.05, 3.63) is 36.0 Å². The molecule has 0 aliphatic heterocycles. The van der Waals surface area contributed by atoms with Gasteiger partial charge in [0.2, 0.25) is 0 Å². The van der Waals surface area contributed by atoms with E-state index in [0.29, 0.717) is 12.0 Å². The molecule has 0 saturated heterocycles. The van der Waals surface area contributed by atoms with E-state index in [1.807, 2.05) is 30.5 Å². The molecule has 1 aromatic heterocycles. The topological polar surface area (TPSA) is 36.1 Å². The van der Waals surface area contributed by atoms with E-state index < -0.39 is 0 Å². The molecule has 3 rings (SSSR count). The number of carbonyl (C=O) groups is 1. The minimum absolute atomic E-state index is 0.193. The Morgan fingerprint density at radius 1 is 1.35 bits per heavy atom. The number of carbonyl (C=O) groups excluding carboxylic acids is 1. The summed E-state index contributed by atoms with van der Waals surface area (Å²) in [7, 11) is 0. The molecule has 106 valence electrons. The summed E-state index contributed by atoms with van der Waals surface area (Å²) in [4.78, 5) is 18.1. The minimum atomic E-state index is 0.193. The van der Waals surface area contributed by atoms with Gasteiger partial charge in [0.25, 0.3) is 5.91 Å². The van der Waals surface area contributed by atoms with Gasteiger partial charge in [-0.1, -0.05) is 19.9 Å². The highest BCUT2D eigenvalue weighted by atomic mass is 16.2. The van der Waals surface area contributed by atoms with E-state index in [1.54, 1.807) is 0 Å². The van der Waals surface area contributed by atoms with E-state index in [1.165, 1.54) is 0 Å². The van der Waals surface area contributed by atoms with Gasteiger partial charge >= 0.3 is 0 Å². The van der Waals surface area contributed by atoms with Crippen LogP contribution in [0.3, 0.4) is 0 Å². The molecule has 1 aromatic carbocycles. The van der Waals surface area contributed by atoms with E-state index in [9.17, 15) is 4.79 Å². The van der Waals surface area contributed by atoms with Crippen LogP contribution in [-0.2, 0) is 0 Å². The molecule has 1 saturated carbocycles. The number of hydrogen-bond donors (Lipinski definition) is 1. The van der Waals surface area contributed by atoms with Crippen LogP contribution in [0.5, 0.6) is 0 Å². The smallest absolute Gasteiger partial charge is 0.254 e. The SMILES string of the molecule is CC(C)CCN(C(=O)c1cccc2[nH]ccc12)C1CC1. The predicted octanol–water partition coefficient (Wildman–Crippen LogP) is 3.82. The van der Waals surface area contributed by atoms with Gasteiger partial charge in [-0.2, -0.15) is 0 Å². The molecule has 1 fully saturated rings. The van der Waals surface area contributed by atoms with Gasteiger partial charge in [0.15, 0.2) is 0 Å². The quantitative estimate of drug-likeness (QED) is 0.881. The van der Waals surface area contributed by atoms with Crippen LogP contribution < -0.4 is 0 Å². The summed E-state index contributed by atoms with van der Waals surface area (Å²) in [6, 6.07) is 8.39. The third kappa shape index (κ3) is 2.58. The van der Waals surface area contributed by atoms with Gasteiger partial charge in [0.1, 0.15) is 0 Å². The first-order valence-corrected chi connectivity index (χ1v) is 7.54. The van der Waals surface area contributed by atoms with Crippen LogP contribution in [0.2, 0.25) is 0 Å². The second kappa shape index (κ2) is 5.31. The molecular weight excluding hydrogens is 248 g/mol. The fourth-order valence-corrected chi connectivity index (χ4v) is 2.66. The Bertz CT molecular complexity index is 610. The predicted molar refractivity (Wildman–Crippen MR) is 81.8 cm³/mol. The Kier molecular flexibility index (Phi) is 3.51. The Morgan fingerprint density at radius 3 is 2.85 bits per heavy atom. The third-order valence-corrected chi connectivity index (χ3v) is 4.02. The van der Waals surface area contributed by atoms with E-state index in [2.05, 4.69) is 23.7 Å². The van der Waals surface area contributed by atoms with Crippen molar-refractivity contribution in [1.29, 1.82) is 0 Å². The molecule has 1 N–H and O–H groups in total. The largest absolute Gasteiger partial charge is 0.361 e. The number of benzene rings is 1. The lowest BCUT2D eigenvalue weighted by Gasteiger charge is -2.23. The fraction of sp³-hybridized carbons (Fsp3) is 0.471. The lowest BCUT2D eigenvalue weighted by atomic mass is 10.1. The molecule has 3 heteroatoms. The van der Waals surface area contributed by atoms with Crippen molar-refractivity contribution in [2.75, 3.05) is 6.54 Å². The summed E-state index contributed by atoms with van der Waals surface area (Å²) in [5, 5.41) is 1.03. The molecule has 3 nitrogen and oxygen atoms in total. The highest BCUT2D eigenvalue weighted by molar-refractivity contribution is 6.06. The summed E-state index contributed by atoms with van der Waals surface area (Å²) in [5.41, 5.74) is 1.87. The molecular formula is C17H22N2O. The molecule has 1 heterocycles. The Labute approximate surface area is 120 Å². The van der Waals surface area contributed by atoms with Crippen LogP contribution in [0.15, 0.2) is 30.5 Å². The first-order chi connectivity index (χ1) is 9.66. The van der Waals surface area contributed by atoms with Gasteiger partial charge in [-0.15, -0.1) is 0 Å². The maximum atomic E-state index is 12.9. The Balaban J connectivity index is 1.87. The van der Waals surface area contributed by atoms with Gasteiger partial charge in [-0.05, 0) is 43.4 Å². The van der Waals surface area contributed by atoms with Crippen molar-refractivity contribution in [2.45, 2.75) is 39.2 Å². The number of nitrogens with one attached hydrogen (secondary N) is 1. The summed E-state index contributed by atoms with van der Waals surface area (Å²) >= 11 is 0. The first kappa shape index (κ1) is 13.2. The van der Waals surface area contributed by atoms with E-state index >= 15 is 0 Å². The summed E-state index contributed by atoms with van der Waals surface area (Å²) in [6.07, 6.45) is 5.29. The Hall–Kier alpha value is -1.77. The molecule has 0 atom stereocenters. The fourth-order valence-electron chi connectivity index (χ4n) is 2.66. The van der Waals surface area contributed by atoms with Crippen molar-refractivity contribution in [2.24, 2.45) is 5.92 Å². The first-order valence-electron chi connectivity index (χ1n) is 7.54. The number of hydrogen-bond acceptors (Lipinski definition) is 1. The average molecular weight is 270 g/mol. The molecule has 1 amide bonds. The molecule has 0 bridgehead atoms. The molecule has 0 unspecified atom stereocenters. The number of nitrogens with zero attached hydrogens (tertiary/aromatic N) is 1. The minimum Gasteiger partial charge on any atom is -0.361 e. The summed E-state index contributed by atoms with van der Waals surface area (Å²) < 4.78 is 0. The maximum absolute atomic E-state index is 12.9. The maximum Gasteiger partial charge on any atom is 0.254 e. The zero-order chi connectivity index (χ0) is 14.1. The number of amides is 1. The zero-order valence-electron chi connectivity index (χ0n) is 12.2. The monoisotopic (exact) mass is 270 g/mol. The molecule has 2 aromatic rings. The van der Waals surface area contributed by atoms with Crippen molar-refractivity contribution < 1.29 is 4.79 Å².